The van der Waals surface area contributed by atoms with Gasteiger partial charge in [-0.1, -0.05) is 0 Å². The number of carbonyl (C=O) groups excluding carboxylic acids is 1. The number of carbonyl (C=O) groups is 1. The van der Waals surface area contributed by atoms with Gasteiger partial charge in [0.05, 0.1) is 32.7 Å². The lowest BCUT2D eigenvalue weighted by atomic mass is 9.58. The van der Waals surface area contributed by atoms with Crippen molar-refractivity contribution in [3.05, 3.63) is 36.0 Å². The minimum absolute atomic E-state index is 0.0129. The molecule has 0 aromatic carbocycles. The maximum atomic E-state index is 13.0. The molecule has 0 aliphatic heterocycles. The molecule has 3 atom stereocenters. The second-order valence-electron chi connectivity index (χ2n) is 7.30. The number of nitrogens with zero attached hydrogens (tertiary/aromatic N) is 4. The third-order valence-electron chi connectivity index (χ3n) is 5.98. The molecule has 2 bridgehead atoms. The first-order chi connectivity index (χ1) is 13.2. The molecule has 2 aromatic rings. The summed E-state index contributed by atoms with van der Waals surface area (Å²) in [7, 11) is 3.25. The van der Waals surface area contributed by atoms with E-state index in [2.05, 4.69) is 26.4 Å². The summed E-state index contributed by atoms with van der Waals surface area (Å²) in [6.07, 6.45) is 6.63. The highest BCUT2D eigenvalue weighted by Gasteiger charge is 2.63. The van der Waals surface area contributed by atoms with Gasteiger partial charge < -0.3 is 14.8 Å². The number of nitrogens with one attached hydrogen (secondary N) is 1. The Morgan fingerprint density at radius 1 is 1.37 bits per heavy atom. The molecule has 8 heteroatoms. The first-order valence-corrected chi connectivity index (χ1v) is 9.33. The molecule has 1 N–H and O–H groups in total. The van der Waals surface area contributed by atoms with Crippen LogP contribution in [0, 0.1) is 11.8 Å². The maximum Gasteiger partial charge on any atom is 0.224 e. The van der Waals surface area contributed by atoms with Crippen LogP contribution in [0.5, 0.6) is 5.88 Å². The lowest BCUT2D eigenvalue weighted by molar-refractivity contribution is -0.133. The van der Waals surface area contributed by atoms with Crippen LogP contribution in [-0.2, 0) is 28.0 Å². The summed E-state index contributed by atoms with van der Waals surface area (Å²) in [5, 5.41) is 7.47. The zero-order chi connectivity index (χ0) is 18.9. The molecule has 3 aliphatic carbocycles. The van der Waals surface area contributed by atoms with Gasteiger partial charge in [-0.05, 0) is 31.2 Å². The highest BCUT2D eigenvalue weighted by molar-refractivity contribution is 5.82. The first-order valence-electron chi connectivity index (χ1n) is 9.33. The van der Waals surface area contributed by atoms with E-state index >= 15 is 0 Å². The van der Waals surface area contributed by atoms with Gasteiger partial charge in [-0.15, -0.1) is 0 Å². The largest absolute Gasteiger partial charge is 0.481 e. The summed E-state index contributed by atoms with van der Waals surface area (Å²) in [6, 6.07) is 3.75. The topological polar surface area (TPSA) is 91.2 Å². The Balaban J connectivity index is 1.47. The van der Waals surface area contributed by atoms with Crippen molar-refractivity contribution in [3.8, 4) is 5.88 Å². The van der Waals surface area contributed by atoms with Gasteiger partial charge in [-0.3, -0.25) is 9.48 Å². The molecule has 3 unspecified atom stereocenters. The average molecular weight is 371 g/mol. The molecule has 3 aliphatic rings. The molecule has 5 rings (SSSR count). The van der Waals surface area contributed by atoms with Gasteiger partial charge in [0.15, 0.2) is 5.82 Å². The van der Waals surface area contributed by atoms with Gasteiger partial charge in [0.2, 0.25) is 11.8 Å². The quantitative estimate of drug-likeness (QED) is 0.752. The smallest absolute Gasteiger partial charge is 0.224 e. The Morgan fingerprint density at radius 2 is 2.26 bits per heavy atom. The summed E-state index contributed by atoms with van der Waals surface area (Å²) in [6.45, 7) is 1.62. The molecule has 3 fully saturated rings. The van der Waals surface area contributed by atoms with Gasteiger partial charge in [0, 0.05) is 36.7 Å². The second-order valence-corrected chi connectivity index (χ2v) is 7.30. The van der Waals surface area contributed by atoms with Crippen molar-refractivity contribution in [1.29, 1.82) is 0 Å². The van der Waals surface area contributed by atoms with Crippen molar-refractivity contribution in [2.24, 2.45) is 11.8 Å². The highest BCUT2D eigenvalue weighted by Crippen LogP contribution is 2.63. The van der Waals surface area contributed by atoms with Crippen LogP contribution in [0.1, 0.15) is 30.8 Å². The van der Waals surface area contributed by atoms with Crippen LogP contribution < -0.4 is 10.1 Å². The fraction of sp³-hybridized carbons (Fsp3) is 0.579. The standard InChI is InChI=1S/C19H25N5O3/c1-26-10-9-24-14(4-8-22-24)19-6-3-13(11-19)17(19)18(25)21-12-15-20-7-5-16(23-15)27-2/h4-5,7-8,13,17H,3,6,9-12H2,1-2H3,(H,21,25). The van der Waals surface area contributed by atoms with E-state index in [1.807, 2.05) is 10.9 Å². The molecule has 2 heterocycles. The summed E-state index contributed by atoms with van der Waals surface area (Å²) in [5.41, 5.74) is 1.06. The molecular weight excluding hydrogens is 346 g/mol. The average Bonchev–Trinajstić information content (AvgIpc) is 3.39. The van der Waals surface area contributed by atoms with Crippen molar-refractivity contribution in [3.63, 3.8) is 0 Å². The van der Waals surface area contributed by atoms with Crippen LogP contribution in [0.3, 0.4) is 0 Å². The Bertz CT molecular complexity index is 819. The monoisotopic (exact) mass is 371 g/mol. The molecule has 0 spiro atoms. The lowest BCUT2D eigenvalue weighted by Gasteiger charge is -2.46. The van der Waals surface area contributed by atoms with Crippen LogP contribution in [-0.4, -0.2) is 46.5 Å². The zero-order valence-corrected chi connectivity index (χ0v) is 15.7. The van der Waals surface area contributed by atoms with E-state index in [0.717, 1.165) is 25.0 Å². The van der Waals surface area contributed by atoms with Gasteiger partial charge >= 0.3 is 0 Å². The Morgan fingerprint density at radius 3 is 3.04 bits per heavy atom. The number of fused-ring (bicyclic) bond motifs is 1. The summed E-state index contributed by atoms with van der Waals surface area (Å²) in [5.74, 6) is 1.56. The van der Waals surface area contributed by atoms with Gasteiger partial charge in [0.25, 0.3) is 0 Å². The third kappa shape index (κ3) is 3.07. The summed E-state index contributed by atoms with van der Waals surface area (Å²) < 4.78 is 12.3. The van der Waals surface area contributed by atoms with Crippen LogP contribution >= 0.6 is 0 Å². The molecule has 27 heavy (non-hydrogen) atoms. The summed E-state index contributed by atoms with van der Waals surface area (Å²) in [4.78, 5) is 21.4. The SMILES string of the molecule is COCCn1nccc1C12CCC(C1)C2C(=O)NCc1nccc(OC)n1. The molecule has 0 saturated heterocycles. The Labute approximate surface area is 158 Å². The van der Waals surface area contributed by atoms with Crippen LogP contribution in [0.2, 0.25) is 0 Å². The normalized spacial score (nSPS) is 25.9. The van der Waals surface area contributed by atoms with E-state index in [9.17, 15) is 4.79 Å². The van der Waals surface area contributed by atoms with Crippen LogP contribution in [0.15, 0.2) is 24.5 Å². The number of hydrogen-bond acceptors (Lipinski definition) is 6. The molecular formula is C19H25N5O3. The van der Waals surface area contributed by atoms with Gasteiger partial charge in [0.1, 0.15) is 0 Å². The molecule has 8 nitrogen and oxygen atoms in total. The summed E-state index contributed by atoms with van der Waals surface area (Å²) >= 11 is 0. The van der Waals surface area contributed by atoms with Crippen LogP contribution in [0.25, 0.3) is 0 Å². The van der Waals surface area contributed by atoms with E-state index < -0.39 is 0 Å². The van der Waals surface area contributed by atoms with Crippen molar-refractivity contribution < 1.29 is 14.3 Å². The minimum atomic E-state index is -0.103. The predicted octanol–water partition coefficient (Wildman–Crippen LogP) is 1.31. The van der Waals surface area contributed by atoms with Gasteiger partial charge in [-0.2, -0.15) is 10.1 Å². The number of amides is 1. The zero-order valence-electron chi connectivity index (χ0n) is 15.7. The Kier molecular flexibility index (Phi) is 4.82. The van der Waals surface area contributed by atoms with Gasteiger partial charge in [-0.25, -0.2) is 4.98 Å². The lowest BCUT2D eigenvalue weighted by Crippen LogP contribution is -2.53. The predicted molar refractivity (Wildman–Crippen MR) is 97.0 cm³/mol. The van der Waals surface area contributed by atoms with E-state index in [1.165, 1.54) is 0 Å². The molecule has 2 aromatic heterocycles. The number of aromatic nitrogens is 4. The number of ether oxygens (including phenoxy) is 2. The van der Waals surface area contributed by atoms with E-state index in [1.54, 1.807) is 26.5 Å². The second kappa shape index (κ2) is 7.26. The Hall–Kier alpha value is -2.48. The third-order valence-corrected chi connectivity index (χ3v) is 5.98. The fourth-order valence-electron chi connectivity index (χ4n) is 4.80. The first kappa shape index (κ1) is 17.9. The fourth-order valence-corrected chi connectivity index (χ4v) is 4.80. The van der Waals surface area contributed by atoms with Crippen molar-refractivity contribution in [2.45, 2.75) is 37.8 Å². The number of hydrogen-bond donors (Lipinski definition) is 1. The van der Waals surface area contributed by atoms with E-state index in [4.69, 9.17) is 9.47 Å². The van der Waals surface area contributed by atoms with Crippen molar-refractivity contribution in [1.82, 2.24) is 25.1 Å². The molecule has 1 amide bonds. The highest BCUT2D eigenvalue weighted by atomic mass is 16.5. The molecule has 144 valence electrons. The van der Waals surface area contributed by atoms with Crippen LogP contribution in [0.4, 0.5) is 0 Å². The van der Waals surface area contributed by atoms with E-state index in [0.29, 0.717) is 37.3 Å². The van der Waals surface area contributed by atoms with E-state index in [-0.39, 0.29) is 17.2 Å². The van der Waals surface area contributed by atoms with Crippen molar-refractivity contribution >= 4 is 5.91 Å². The maximum absolute atomic E-state index is 13.0. The number of rotatable bonds is 8. The molecule has 0 radical (unpaired) electrons. The minimum Gasteiger partial charge on any atom is -0.481 e. The molecule has 3 saturated carbocycles. The van der Waals surface area contributed by atoms with Crippen molar-refractivity contribution in [2.75, 3.05) is 20.8 Å². The number of methoxy groups -OCH3 is 2.